The zero-order chi connectivity index (χ0) is 9.68. The molecule has 72 valence electrons. The Morgan fingerprint density at radius 3 is 3.08 bits per heavy atom. The molecule has 0 spiro atoms. The lowest BCUT2D eigenvalue weighted by Gasteiger charge is -2.10. The van der Waals surface area contributed by atoms with Crippen LogP contribution in [0, 0.1) is 0 Å². The van der Waals surface area contributed by atoms with E-state index in [1.807, 2.05) is 13.0 Å². The quantitative estimate of drug-likeness (QED) is 0.616. The van der Waals surface area contributed by atoms with E-state index in [2.05, 4.69) is 15.5 Å². The number of hydrogen-bond donors (Lipinski definition) is 3. The highest BCUT2D eigenvalue weighted by Crippen LogP contribution is 1.95. The van der Waals surface area contributed by atoms with Crippen LogP contribution >= 0.6 is 0 Å². The molecule has 1 aromatic heterocycles. The molecule has 0 amide bonds. The van der Waals surface area contributed by atoms with E-state index in [0.29, 0.717) is 13.0 Å². The van der Waals surface area contributed by atoms with Crippen LogP contribution in [0.15, 0.2) is 12.3 Å². The number of aromatic amines is 1. The molecule has 0 saturated carbocycles. The van der Waals surface area contributed by atoms with Gasteiger partial charge in [-0.05, 0) is 12.5 Å². The van der Waals surface area contributed by atoms with E-state index in [9.17, 15) is 4.79 Å². The molecule has 0 fully saturated rings. The zero-order valence-corrected chi connectivity index (χ0v) is 7.45. The van der Waals surface area contributed by atoms with Crippen molar-refractivity contribution in [1.29, 1.82) is 0 Å². The minimum Gasteiger partial charge on any atom is -0.480 e. The number of rotatable bonds is 5. The van der Waals surface area contributed by atoms with Crippen LogP contribution in [-0.4, -0.2) is 27.3 Å². The Kier molecular flexibility index (Phi) is 3.45. The normalized spacial score (nSPS) is 12.7. The number of H-pyrrole nitrogens is 1. The van der Waals surface area contributed by atoms with Crippen LogP contribution in [-0.2, 0) is 11.3 Å². The van der Waals surface area contributed by atoms with E-state index in [1.54, 1.807) is 6.20 Å². The molecule has 0 radical (unpaired) electrons. The molecule has 5 nitrogen and oxygen atoms in total. The first-order valence-electron chi connectivity index (χ1n) is 4.18. The van der Waals surface area contributed by atoms with Gasteiger partial charge in [-0.1, -0.05) is 6.92 Å². The fourth-order valence-electron chi connectivity index (χ4n) is 1.02. The number of carboxylic acids is 1. The predicted octanol–water partition coefficient (Wildman–Crippen LogP) is 0.362. The van der Waals surface area contributed by atoms with Crippen LogP contribution in [0.1, 0.15) is 19.0 Å². The third-order valence-corrected chi connectivity index (χ3v) is 1.80. The molecular formula is C8H13N3O2. The molecule has 1 heterocycles. The standard InChI is InChI=1S/C8H13N3O2/c1-2-7(8(12)13)9-5-6-3-4-10-11-6/h3-4,7,9H,2,5H2,1H3,(H,10,11)(H,12,13). The second-order valence-electron chi connectivity index (χ2n) is 2.76. The van der Waals surface area contributed by atoms with Crippen LogP contribution in [0.5, 0.6) is 0 Å². The van der Waals surface area contributed by atoms with Crippen molar-refractivity contribution in [3.63, 3.8) is 0 Å². The summed E-state index contributed by atoms with van der Waals surface area (Å²) in [4.78, 5) is 10.6. The maximum absolute atomic E-state index is 10.6. The van der Waals surface area contributed by atoms with Crippen molar-refractivity contribution in [2.75, 3.05) is 0 Å². The Bertz CT molecular complexity index is 258. The molecule has 0 aliphatic heterocycles. The van der Waals surface area contributed by atoms with Gasteiger partial charge in [-0.15, -0.1) is 0 Å². The van der Waals surface area contributed by atoms with Gasteiger partial charge in [-0.25, -0.2) is 0 Å². The topological polar surface area (TPSA) is 78.0 Å². The van der Waals surface area contributed by atoms with Gasteiger partial charge in [0.05, 0.1) is 0 Å². The van der Waals surface area contributed by atoms with Crippen LogP contribution in [0.4, 0.5) is 0 Å². The maximum atomic E-state index is 10.6. The molecule has 0 bridgehead atoms. The average Bonchev–Trinajstić information content (AvgIpc) is 2.57. The summed E-state index contributed by atoms with van der Waals surface area (Å²) >= 11 is 0. The van der Waals surface area contributed by atoms with Gasteiger partial charge in [-0.2, -0.15) is 5.10 Å². The van der Waals surface area contributed by atoms with Crippen molar-refractivity contribution in [1.82, 2.24) is 15.5 Å². The summed E-state index contributed by atoms with van der Waals surface area (Å²) in [5.41, 5.74) is 0.889. The molecule has 1 rings (SSSR count). The fraction of sp³-hybridized carbons (Fsp3) is 0.500. The first-order valence-corrected chi connectivity index (χ1v) is 4.18. The predicted molar refractivity (Wildman–Crippen MR) is 47.1 cm³/mol. The van der Waals surface area contributed by atoms with Crippen molar-refractivity contribution in [2.24, 2.45) is 0 Å². The van der Waals surface area contributed by atoms with Gasteiger partial charge < -0.3 is 5.11 Å². The number of hydrogen-bond acceptors (Lipinski definition) is 3. The molecule has 0 saturated heterocycles. The summed E-state index contributed by atoms with van der Waals surface area (Å²) in [6, 6.07) is 1.32. The highest BCUT2D eigenvalue weighted by Gasteiger charge is 2.13. The molecule has 0 aromatic carbocycles. The van der Waals surface area contributed by atoms with Crippen LogP contribution < -0.4 is 5.32 Å². The van der Waals surface area contributed by atoms with Crippen molar-refractivity contribution >= 4 is 5.97 Å². The van der Waals surface area contributed by atoms with E-state index < -0.39 is 12.0 Å². The van der Waals surface area contributed by atoms with Crippen LogP contribution in [0.3, 0.4) is 0 Å². The van der Waals surface area contributed by atoms with Gasteiger partial charge in [0.25, 0.3) is 0 Å². The van der Waals surface area contributed by atoms with Gasteiger partial charge in [0.15, 0.2) is 0 Å². The molecule has 1 atom stereocenters. The maximum Gasteiger partial charge on any atom is 0.320 e. The number of nitrogens with zero attached hydrogens (tertiary/aromatic N) is 1. The molecule has 0 aliphatic carbocycles. The summed E-state index contributed by atoms with van der Waals surface area (Å²) in [5, 5.41) is 18.1. The molecular weight excluding hydrogens is 170 g/mol. The summed E-state index contributed by atoms with van der Waals surface area (Å²) in [6.45, 7) is 2.34. The second kappa shape index (κ2) is 4.61. The summed E-state index contributed by atoms with van der Waals surface area (Å²) < 4.78 is 0. The highest BCUT2D eigenvalue weighted by atomic mass is 16.4. The summed E-state index contributed by atoms with van der Waals surface area (Å²) in [7, 11) is 0. The number of aliphatic carboxylic acids is 1. The minimum absolute atomic E-state index is 0.483. The van der Waals surface area contributed by atoms with Crippen LogP contribution in [0.2, 0.25) is 0 Å². The zero-order valence-electron chi connectivity index (χ0n) is 7.45. The molecule has 13 heavy (non-hydrogen) atoms. The summed E-state index contributed by atoms with van der Waals surface area (Å²) in [6.07, 6.45) is 2.21. The Balaban J connectivity index is 2.36. The van der Waals surface area contributed by atoms with Crippen molar-refractivity contribution in [3.05, 3.63) is 18.0 Å². The fourth-order valence-corrected chi connectivity index (χ4v) is 1.02. The van der Waals surface area contributed by atoms with Crippen molar-refractivity contribution in [3.8, 4) is 0 Å². The average molecular weight is 183 g/mol. The molecule has 0 aliphatic rings. The molecule has 3 N–H and O–H groups in total. The molecule has 1 aromatic rings. The van der Waals surface area contributed by atoms with E-state index in [0.717, 1.165) is 5.69 Å². The van der Waals surface area contributed by atoms with Gasteiger partial charge in [0, 0.05) is 18.4 Å². The number of carboxylic acid groups (broad SMARTS) is 1. The van der Waals surface area contributed by atoms with E-state index in [-0.39, 0.29) is 0 Å². The van der Waals surface area contributed by atoms with Gasteiger partial charge >= 0.3 is 5.97 Å². The first kappa shape index (κ1) is 9.73. The lowest BCUT2D eigenvalue weighted by molar-refractivity contribution is -0.139. The van der Waals surface area contributed by atoms with Gasteiger partial charge in [0.2, 0.25) is 0 Å². The number of aromatic nitrogens is 2. The van der Waals surface area contributed by atoms with Gasteiger partial charge in [-0.3, -0.25) is 15.2 Å². The van der Waals surface area contributed by atoms with Crippen molar-refractivity contribution in [2.45, 2.75) is 25.9 Å². The third-order valence-electron chi connectivity index (χ3n) is 1.80. The highest BCUT2D eigenvalue weighted by molar-refractivity contribution is 5.73. The lowest BCUT2D eigenvalue weighted by Crippen LogP contribution is -2.35. The van der Waals surface area contributed by atoms with E-state index in [4.69, 9.17) is 5.11 Å². The smallest absolute Gasteiger partial charge is 0.320 e. The number of carbonyl (C=O) groups is 1. The Morgan fingerprint density at radius 1 is 1.85 bits per heavy atom. The Labute approximate surface area is 76.2 Å². The molecule has 5 heteroatoms. The third kappa shape index (κ3) is 2.87. The monoisotopic (exact) mass is 183 g/mol. The second-order valence-corrected chi connectivity index (χ2v) is 2.76. The minimum atomic E-state index is -0.818. The van der Waals surface area contributed by atoms with E-state index >= 15 is 0 Å². The van der Waals surface area contributed by atoms with E-state index in [1.165, 1.54) is 0 Å². The summed E-state index contributed by atoms with van der Waals surface area (Å²) in [5.74, 6) is -0.818. The number of nitrogens with one attached hydrogen (secondary N) is 2. The van der Waals surface area contributed by atoms with Crippen LogP contribution in [0.25, 0.3) is 0 Å². The lowest BCUT2D eigenvalue weighted by atomic mass is 10.2. The molecule has 1 unspecified atom stereocenters. The Hall–Kier alpha value is -1.36. The Morgan fingerprint density at radius 2 is 2.62 bits per heavy atom. The first-order chi connectivity index (χ1) is 6.24. The largest absolute Gasteiger partial charge is 0.480 e. The van der Waals surface area contributed by atoms with Gasteiger partial charge in [0.1, 0.15) is 6.04 Å². The van der Waals surface area contributed by atoms with Crippen molar-refractivity contribution < 1.29 is 9.90 Å². The SMILES string of the molecule is CCC(NCc1ccn[nH]1)C(=O)O.